The number of nitrogens with zero attached hydrogens (tertiary/aromatic N) is 2. The Morgan fingerprint density at radius 3 is 2.62 bits per heavy atom. The molecule has 0 fully saturated rings. The highest BCUT2D eigenvalue weighted by atomic mass is 32.1. The highest BCUT2D eigenvalue weighted by Gasteiger charge is 2.15. The predicted octanol–water partition coefficient (Wildman–Crippen LogP) is 4.28. The first-order valence-electron chi connectivity index (χ1n) is 7.54. The molecule has 0 radical (unpaired) electrons. The van der Waals surface area contributed by atoms with E-state index in [-0.39, 0.29) is 0 Å². The van der Waals surface area contributed by atoms with Gasteiger partial charge in [-0.15, -0.1) is 0 Å². The fourth-order valence-electron chi connectivity index (χ4n) is 2.27. The van der Waals surface area contributed by atoms with Gasteiger partial charge in [0.2, 0.25) is 0 Å². The lowest BCUT2D eigenvalue weighted by Gasteiger charge is -2.18. The van der Waals surface area contributed by atoms with Crippen molar-refractivity contribution in [1.82, 2.24) is 10.3 Å². The van der Waals surface area contributed by atoms with Gasteiger partial charge < -0.3 is 10.2 Å². The van der Waals surface area contributed by atoms with E-state index in [4.69, 9.17) is 4.98 Å². The fourth-order valence-corrected chi connectivity index (χ4v) is 3.34. The summed E-state index contributed by atoms with van der Waals surface area (Å²) in [5.74, 6) is 0. The fraction of sp³-hybridized carbons (Fsp3) is 0.471. The van der Waals surface area contributed by atoms with Crippen molar-refractivity contribution in [2.45, 2.75) is 46.7 Å². The first-order valence-corrected chi connectivity index (χ1v) is 8.35. The lowest BCUT2D eigenvalue weighted by atomic mass is 10.2. The van der Waals surface area contributed by atoms with Crippen LogP contribution in [0.4, 0.5) is 10.8 Å². The van der Waals surface area contributed by atoms with Crippen molar-refractivity contribution in [3.63, 3.8) is 0 Å². The summed E-state index contributed by atoms with van der Waals surface area (Å²) in [7, 11) is 2.10. The van der Waals surface area contributed by atoms with Crippen molar-refractivity contribution < 1.29 is 0 Å². The maximum absolute atomic E-state index is 4.83. The van der Waals surface area contributed by atoms with Gasteiger partial charge in [-0.1, -0.05) is 50.3 Å². The number of anilines is 2. The van der Waals surface area contributed by atoms with Crippen LogP contribution in [0.1, 0.15) is 36.9 Å². The molecule has 1 aromatic carbocycles. The van der Waals surface area contributed by atoms with Crippen LogP contribution in [-0.2, 0) is 13.0 Å². The minimum atomic E-state index is 0.495. The molecule has 2 rings (SSSR count). The van der Waals surface area contributed by atoms with Crippen LogP contribution in [0.5, 0.6) is 0 Å². The van der Waals surface area contributed by atoms with Crippen LogP contribution in [0.3, 0.4) is 0 Å². The first kappa shape index (κ1) is 16.0. The van der Waals surface area contributed by atoms with Crippen molar-refractivity contribution in [2.24, 2.45) is 0 Å². The molecule has 0 aliphatic carbocycles. The summed E-state index contributed by atoms with van der Waals surface area (Å²) in [6, 6.07) is 8.93. The van der Waals surface area contributed by atoms with Gasteiger partial charge in [-0.2, -0.15) is 0 Å². The standard InChI is InChI=1S/C17H25N3S/c1-6-14-16(11-18-12(2)3)21-17(19-14)20(5)15-10-8-7-9-13(15)4/h7-10,12,18H,6,11H2,1-5H3. The van der Waals surface area contributed by atoms with Gasteiger partial charge in [-0.3, -0.25) is 0 Å². The Morgan fingerprint density at radius 1 is 1.29 bits per heavy atom. The lowest BCUT2D eigenvalue weighted by molar-refractivity contribution is 0.590. The van der Waals surface area contributed by atoms with Crippen molar-refractivity contribution in [3.05, 3.63) is 40.4 Å². The van der Waals surface area contributed by atoms with Crippen LogP contribution in [0.2, 0.25) is 0 Å². The number of aromatic nitrogens is 1. The highest BCUT2D eigenvalue weighted by Crippen LogP contribution is 2.32. The number of thiazole rings is 1. The normalized spacial score (nSPS) is 11.1. The second kappa shape index (κ2) is 7.05. The zero-order valence-electron chi connectivity index (χ0n) is 13.6. The smallest absolute Gasteiger partial charge is 0.190 e. The van der Waals surface area contributed by atoms with Gasteiger partial charge >= 0.3 is 0 Å². The van der Waals surface area contributed by atoms with E-state index in [1.807, 2.05) is 0 Å². The number of rotatable bonds is 6. The molecule has 0 aliphatic heterocycles. The van der Waals surface area contributed by atoms with Crippen LogP contribution in [0, 0.1) is 6.92 Å². The summed E-state index contributed by atoms with van der Waals surface area (Å²) >= 11 is 1.79. The number of aryl methyl sites for hydroxylation is 2. The minimum Gasteiger partial charge on any atom is -0.321 e. The molecular formula is C17H25N3S. The summed E-state index contributed by atoms with van der Waals surface area (Å²) in [5, 5.41) is 4.56. The van der Waals surface area contributed by atoms with E-state index in [1.54, 1.807) is 11.3 Å². The SMILES string of the molecule is CCc1nc(N(C)c2ccccc2C)sc1CNC(C)C. The number of para-hydroxylation sites is 1. The third-order valence-electron chi connectivity index (χ3n) is 3.54. The van der Waals surface area contributed by atoms with Gasteiger partial charge in [-0.05, 0) is 25.0 Å². The van der Waals surface area contributed by atoms with E-state index in [2.05, 4.69) is 69.2 Å². The summed E-state index contributed by atoms with van der Waals surface area (Å²) < 4.78 is 0. The van der Waals surface area contributed by atoms with Crippen molar-refractivity contribution >= 4 is 22.2 Å². The second-order valence-electron chi connectivity index (χ2n) is 5.60. The summed E-state index contributed by atoms with van der Waals surface area (Å²) in [5.41, 5.74) is 3.70. The van der Waals surface area contributed by atoms with Crippen molar-refractivity contribution in [3.8, 4) is 0 Å². The Bertz CT molecular complexity index is 589. The second-order valence-corrected chi connectivity index (χ2v) is 6.66. The van der Waals surface area contributed by atoms with E-state index in [0.29, 0.717) is 6.04 Å². The van der Waals surface area contributed by atoms with Crippen LogP contribution >= 0.6 is 11.3 Å². The number of hydrogen-bond acceptors (Lipinski definition) is 4. The Kier molecular flexibility index (Phi) is 5.37. The molecule has 21 heavy (non-hydrogen) atoms. The molecule has 0 aliphatic rings. The highest BCUT2D eigenvalue weighted by molar-refractivity contribution is 7.15. The number of hydrogen-bond donors (Lipinski definition) is 1. The molecule has 0 saturated heterocycles. The van der Waals surface area contributed by atoms with Crippen molar-refractivity contribution in [1.29, 1.82) is 0 Å². The third kappa shape index (κ3) is 3.83. The van der Waals surface area contributed by atoms with E-state index in [9.17, 15) is 0 Å². The Morgan fingerprint density at radius 2 is 2.00 bits per heavy atom. The molecule has 0 unspecified atom stereocenters. The van der Waals surface area contributed by atoms with Gasteiger partial charge in [-0.25, -0.2) is 4.98 Å². The molecule has 0 saturated carbocycles. The summed E-state index contributed by atoms with van der Waals surface area (Å²) in [6.45, 7) is 9.56. The molecule has 3 nitrogen and oxygen atoms in total. The minimum absolute atomic E-state index is 0.495. The zero-order valence-corrected chi connectivity index (χ0v) is 14.4. The first-order chi connectivity index (χ1) is 10.0. The van der Waals surface area contributed by atoms with E-state index in [0.717, 1.165) is 18.1 Å². The molecule has 1 heterocycles. The average molecular weight is 303 g/mol. The molecule has 0 atom stereocenters. The monoisotopic (exact) mass is 303 g/mol. The Labute approximate surface area is 132 Å². The summed E-state index contributed by atoms with van der Waals surface area (Å²) in [4.78, 5) is 8.37. The molecule has 1 aromatic heterocycles. The maximum atomic E-state index is 4.83. The van der Waals surface area contributed by atoms with Gasteiger partial charge in [0, 0.05) is 30.2 Å². The largest absolute Gasteiger partial charge is 0.321 e. The predicted molar refractivity (Wildman–Crippen MR) is 92.7 cm³/mol. The molecule has 1 N–H and O–H groups in total. The van der Waals surface area contributed by atoms with Gasteiger partial charge in [0.25, 0.3) is 0 Å². The lowest BCUT2D eigenvalue weighted by Crippen LogP contribution is -2.21. The third-order valence-corrected chi connectivity index (χ3v) is 4.71. The number of benzene rings is 1. The molecule has 114 valence electrons. The van der Waals surface area contributed by atoms with Gasteiger partial charge in [0.05, 0.1) is 5.69 Å². The van der Waals surface area contributed by atoms with E-state index in [1.165, 1.54) is 21.8 Å². The van der Waals surface area contributed by atoms with E-state index < -0.39 is 0 Å². The topological polar surface area (TPSA) is 28.2 Å². The van der Waals surface area contributed by atoms with Crippen molar-refractivity contribution in [2.75, 3.05) is 11.9 Å². The zero-order chi connectivity index (χ0) is 15.4. The van der Waals surface area contributed by atoms with Gasteiger partial charge in [0.1, 0.15) is 0 Å². The Balaban J connectivity index is 2.26. The van der Waals surface area contributed by atoms with E-state index >= 15 is 0 Å². The van der Waals surface area contributed by atoms with Crippen LogP contribution in [0.15, 0.2) is 24.3 Å². The summed E-state index contributed by atoms with van der Waals surface area (Å²) in [6.07, 6.45) is 0.979. The molecule has 0 spiro atoms. The average Bonchev–Trinajstić information content (AvgIpc) is 2.88. The van der Waals surface area contributed by atoms with Crippen LogP contribution in [-0.4, -0.2) is 18.1 Å². The number of nitrogens with one attached hydrogen (secondary N) is 1. The van der Waals surface area contributed by atoms with Crippen LogP contribution < -0.4 is 10.2 Å². The quantitative estimate of drug-likeness (QED) is 0.863. The van der Waals surface area contributed by atoms with Gasteiger partial charge in [0.15, 0.2) is 5.13 Å². The van der Waals surface area contributed by atoms with Crippen LogP contribution in [0.25, 0.3) is 0 Å². The Hall–Kier alpha value is -1.39. The molecule has 0 bridgehead atoms. The molecule has 2 aromatic rings. The molecule has 4 heteroatoms. The molecule has 0 amide bonds. The maximum Gasteiger partial charge on any atom is 0.190 e. The molecular weight excluding hydrogens is 278 g/mol.